The molecule has 18 heavy (non-hydrogen) atoms. The largest absolute Gasteiger partial charge is 0.497 e. The van der Waals surface area contributed by atoms with Crippen LogP contribution in [0.3, 0.4) is 0 Å². The first-order chi connectivity index (χ1) is 8.60. The lowest BCUT2D eigenvalue weighted by Crippen LogP contribution is -2.26. The Balaban J connectivity index is 2.79. The molecule has 5 nitrogen and oxygen atoms in total. The molecule has 0 radical (unpaired) electrons. The van der Waals surface area contributed by atoms with Gasteiger partial charge in [-0.05, 0) is 31.5 Å². The fraction of sp³-hybridized carbons (Fsp3) is 0.462. The van der Waals surface area contributed by atoms with Crippen molar-refractivity contribution in [2.45, 2.75) is 26.5 Å². The van der Waals surface area contributed by atoms with E-state index in [1.54, 1.807) is 33.1 Å². The Morgan fingerprint density at radius 1 is 1.33 bits per heavy atom. The Labute approximate surface area is 107 Å². The standard InChI is InChI=1S/C13H19NO4/c1-4-17-13(15)9(2)18-12-6-10(8-14)5-11(7-12)16-3/h5-7,9H,4,8,14H2,1-3H3. The van der Waals surface area contributed by atoms with Crippen LogP contribution in [0.4, 0.5) is 0 Å². The molecule has 1 rings (SSSR count). The van der Waals surface area contributed by atoms with E-state index in [0.29, 0.717) is 24.7 Å². The van der Waals surface area contributed by atoms with Crippen LogP contribution in [0.15, 0.2) is 18.2 Å². The number of benzene rings is 1. The maximum atomic E-state index is 11.5. The summed E-state index contributed by atoms with van der Waals surface area (Å²) in [6.45, 7) is 4.10. The van der Waals surface area contributed by atoms with Gasteiger partial charge in [-0.1, -0.05) is 0 Å². The van der Waals surface area contributed by atoms with E-state index < -0.39 is 12.1 Å². The smallest absolute Gasteiger partial charge is 0.347 e. The lowest BCUT2D eigenvalue weighted by atomic mass is 10.2. The monoisotopic (exact) mass is 253 g/mol. The third-order valence-electron chi connectivity index (χ3n) is 2.34. The first kappa shape index (κ1) is 14.3. The van der Waals surface area contributed by atoms with Gasteiger partial charge in [-0.15, -0.1) is 0 Å². The minimum absolute atomic E-state index is 0.332. The maximum Gasteiger partial charge on any atom is 0.347 e. The van der Waals surface area contributed by atoms with Crippen LogP contribution >= 0.6 is 0 Å². The highest BCUT2D eigenvalue weighted by atomic mass is 16.6. The van der Waals surface area contributed by atoms with E-state index in [1.165, 1.54) is 0 Å². The lowest BCUT2D eigenvalue weighted by Gasteiger charge is -2.15. The van der Waals surface area contributed by atoms with Crippen molar-refractivity contribution < 1.29 is 19.0 Å². The van der Waals surface area contributed by atoms with Crippen LogP contribution in [-0.2, 0) is 16.1 Å². The Morgan fingerprint density at radius 2 is 2.00 bits per heavy atom. The number of nitrogens with two attached hydrogens (primary N) is 1. The molecule has 100 valence electrons. The van der Waals surface area contributed by atoms with Crippen molar-refractivity contribution in [2.24, 2.45) is 5.73 Å². The molecule has 0 aliphatic rings. The first-order valence-electron chi connectivity index (χ1n) is 5.82. The zero-order valence-electron chi connectivity index (χ0n) is 10.9. The molecular formula is C13H19NO4. The van der Waals surface area contributed by atoms with Crippen LogP contribution in [0.2, 0.25) is 0 Å². The molecule has 1 unspecified atom stereocenters. The molecule has 0 saturated carbocycles. The van der Waals surface area contributed by atoms with Crippen molar-refractivity contribution in [3.8, 4) is 11.5 Å². The summed E-state index contributed by atoms with van der Waals surface area (Å²) >= 11 is 0. The Bertz CT molecular complexity index is 384. The minimum atomic E-state index is -0.664. The topological polar surface area (TPSA) is 70.8 Å². The molecule has 1 atom stereocenters. The molecule has 0 heterocycles. The molecule has 2 N–H and O–H groups in total. The molecule has 0 spiro atoms. The van der Waals surface area contributed by atoms with E-state index in [4.69, 9.17) is 19.9 Å². The fourth-order valence-corrected chi connectivity index (χ4v) is 1.45. The molecule has 0 saturated heterocycles. The number of hydrogen-bond acceptors (Lipinski definition) is 5. The van der Waals surface area contributed by atoms with Gasteiger partial charge in [-0.2, -0.15) is 0 Å². The van der Waals surface area contributed by atoms with Crippen LogP contribution in [0.5, 0.6) is 11.5 Å². The number of esters is 1. The van der Waals surface area contributed by atoms with Crippen molar-refractivity contribution >= 4 is 5.97 Å². The molecule has 0 fully saturated rings. The number of carbonyl (C=O) groups is 1. The second kappa shape index (κ2) is 6.86. The van der Waals surface area contributed by atoms with Gasteiger partial charge in [0.25, 0.3) is 0 Å². The van der Waals surface area contributed by atoms with Gasteiger partial charge in [0, 0.05) is 12.6 Å². The quantitative estimate of drug-likeness (QED) is 0.778. The number of carbonyl (C=O) groups excluding carboxylic acids is 1. The van der Waals surface area contributed by atoms with E-state index in [-0.39, 0.29) is 0 Å². The second-order valence-electron chi connectivity index (χ2n) is 3.73. The number of methoxy groups -OCH3 is 1. The van der Waals surface area contributed by atoms with Crippen LogP contribution in [-0.4, -0.2) is 25.8 Å². The Hall–Kier alpha value is -1.75. The Kier molecular flexibility index (Phi) is 5.45. The highest BCUT2D eigenvalue weighted by Crippen LogP contribution is 2.23. The maximum absolute atomic E-state index is 11.5. The normalized spacial score (nSPS) is 11.8. The van der Waals surface area contributed by atoms with Gasteiger partial charge < -0.3 is 19.9 Å². The third-order valence-corrected chi connectivity index (χ3v) is 2.34. The van der Waals surface area contributed by atoms with E-state index in [9.17, 15) is 4.79 Å². The van der Waals surface area contributed by atoms with Crippen molar-refractivity contribution in [1.82, 2.24) is 0 Å². The third kappa shape index (κ3) is 3.92. The average molecular weight is 253 g/mol. The molecule has 0 bridgehead atoms. The molecule has 0 aliphatic carbocycles. The number of hydrogen-bond donors (Lipinski definition) is 1. The van der Waals surface area contributed by atoms with Crippen LogP contribution in [0, 0.1) is 0 Å². The van der Waals surface area contributed by atoms with Gasteiger partial charge in [0.1, 0.15) is 11.5 Å². The zero-order chi connectivity index (χ0) is 13.5. The van der Waals surface area contributed by atoms with Crippen LogP contribution < -0.4 is 15.2 Å². The van der Waals surface area contributed by atoms with Gasteiger partial charge in [-0.3, -0.25) is 0 Å². The van der Waals surface area contributed by atoms with E-state index in [2.05, 4.69) is 0 Å². The van der Waals surface area contributed by atoms with Gasteiger partial charge >= 0.3 is 5.97 Å². The molecule has 0 aromatic heterocycles. The molecule has 0 amide bonds. The highest BCUT2D eigenvalue weighted by Gasteiger charge is 2.16. The summed E-state index contributed by atoms with van der Waals surface area (Å²) < 4.78 is 15.5. The van der Waals surface area contributed by atoms with Gasteiger partial charge in [0.2, 0.25) is 0 Å². The van der Waals surface area contributed by atoms with Gasteiger partial charge in [0.05, 0.1) is 13.7 Å². The van der Waals surface area contributed by atoms with Crippen molar-refractivity contribution in [1.29, 1.82) is 0 Å². The molecular weight excluding hydrogens is 234 g/mol. The molecule has 1 aromatic rings. The summed E-state index contributed by atoms with van der Waals surface area (Å²) in [7, 11) is 1.56. The fourth-order valence-electron chi connectivity index (χ4n) is 1.45. The van der Waals surface area contributed by atoms with E-state index in [0.717, 1.165) is 5.56 Å². The lowest BCUT2D eigenvalue weighted by molar-refractivity contribution is -0.150. The van der Waals surface area contributed by atoms with Crippen molar-refractivity contribution in [2.75, 3.05) is 13.7 Å². The van der Waals surface area contributed by atoms with E-state index >= 15 is 0 Å². The number of rotatable bonds is 6. The summed E-state index contributed by atoms with van der Waals surface area (Å²) in [5.74, 6) is 0.786. The summed E-state index contributed by atoms with van der Waals surface area (Å²) in [6.07, 6.45) is -0.664. The van der Waals surface area contributed by atoms with Crippen molar-refractivity contribution in [3.05, 3.63) is 23.8 Å². The van der Waals surface area contributed by atoms with Gasteiger partial charge in [0.15, 0.2) is 6.10 Å². The summed E-state index contributed by atoms with van der Waals surface area (Å²) in [5, 5.41) is 0. The predicted octanol–water partition coefficient (Wildman–Crippen LogP) is 1.48. The Morgan fingerprint density at radius 3 is 2.56 bits per heavy atom. The minimum Gasteiger partial charge on any atom is -0.497 e. The van der Waals surface area contributed by atoms with Crippen molar-refractivity contribution in [3.63, 3.8) is 0 Å². The molecule has 0 aliphatic heterocycles. The summed E-state index contributed by atoms with van der Waals surface area (Å²) in [4.78, 5) is 11.5. The SMILES string of the molecule is CCOC(=O)C(C)Oc1cc(CN)cc(OC)c1. The second-order valence-corrected chi connectivity index (χ2v) is 3.73. The summed E-state index contributed by atoms with van der Waals surface area (Å²) in [5.41, 5.74) is 6.45. The van der Waals surface area contributed by atoms with E-state index in [1.807, 2.05) is 6.07 Å². The molecule has 1 aromatic carbocycles. The van der Waals surface area contributed by atoms with Crippen LogP contribution in [0.1, 0.15) is 19.4 Å². The van der Waals surface area contributed by atoms with Crippen LogP contribution in [0.25, 0.3) is 0 Å². The number of ether oxygens (including phenoxy) is 3. The molecule has 5 heteroatoms. The highest BCUT2D eigenvalue weighted by molar-refractivity contribution is 5.74. The van der Waals surface area contributed by atoms with Gasteiger partial charge in [-0.25, -0.2) is 4.79 Å². The zero-order valence-corrected chi connectivity index (χ0v) is 10.9. The predicted molar refractivity (Wildman–Crippen MR) is 67.6 cm³/mol. The average Bonchev–Trinajstić information content (AvgIpc) is 2.38. The summed E-state index contributed by atoms with van der Waals surface area (Å²) in [6, 6.07) is 5.30. The first-order valence-corrected chi connectivity index (χ1v) is 5.82.